The van der Waals surface area contributed by atoms with Gasteiger partial charge in [-0.05, 0) is 44.4 Å². The fourth-order valence-electron chi connectivity index (χ4n) is 2.90. The van der Waals surface area contributed by atoms with Gasteiger partial charge in [0.15, 0.2) is 0 Å². The Bertz CT molecular complexity index is 797. The Morgan fingerprint density at radius 3 is 2.71 bits per heavy atom. The summed E-state index contributed by atoms with van der Waals surface area (Å²) in [7, 11) is 1.73. The number of amides is 1. The number of carbonyl (C=O) groups excluding carboxylic acids is 1. The summed E-state index contributed by atoms with van der Waals surface area (Å²) in [5.41, 5.74) is 3.61. The summed E-state index contributed by atoms with van der Waals surface area (Å²) in [6.07, 6.45) is 2.79. The molecule has 5 heteroatoms. The molecule has 1 aromatic heterocycles. The summed E-state index contributed by atoms with van der Waals surface area (Å²) in [4.78, 5) is 29.9. The molecule has 0 spiro atoms. The maximum atomic E-state index is 12.9. The van der Waals surface area contributed by atoms with Gasteiger partial charge in [-0.15, -0.1) is 0 Å². The molecule has 0 atom stereocenters. The van der Waals surface area contributed by atoms with Gasteiger partial charge >= 0.3 is 5.97 Å². The molecule has 0 aliphatic heterocycles. The number of nitrogens with zero attached hydrogens (tertiary/aromatic N) is 2. The predicted octanol–water partition coefficient (Wildman–Crippen LogP) is 3.36. The molecule has 0 saturated heterocycles. The highest BCUT2D eigenvalue weighted by molar-refractivity contribution is 6.06. The van der Waals surface area contributed by atoms with Crippen molar-refractivity contribution >= 4 is 22.8 Å². The Hall–Kier alpha value is -2.43. The van der Waals surface area contributed by atoms with Gasteiger partial charge in [0, 0.05) is 37.0 Å². The molecule has 1 N–H and O–H groups in total. The Morgan fingerprint density at radius 2 is 2.04 bits per heavy atom. The normalized spacial score (nSPS) is 13.9. The van der Waals surface area contributed by atoms with Crippen LogP contribution in [-0.4, -0.2) is 40.5 Å². The summed E-state index contributed by atoms with van der Waals surface area (Å²) in [6.45, 7) is 2.43. The number of aromatic nitrogens is 1. The minimum Gasteiger partial charge on any atom is -0.481 e. The first kappa shape index (κ1) is 16.4. The molecule has 1 amide bonds. The fourth-order valence-corrected chi connectivity index (χ4v) is 2.90. The van der Waals surface area contributed by atoms with Gasteiger partial charge in [-0.25, -0.2) is 0 Å². The molecule has 1 saturated carbocycles. The van der Waals surface area contributed by atoms with Crippen molar-refractivity contribution in [3.8, 4) is 0 Å². The first-order valence-corrected chi connectivity index (χ1v) is 8.34. The lowest BCUT2D eigenvalue weighted by molar-refractivity contribution is -0.137. The third kappa shape index (κ3) is 3.55. The topological polar surface area (TPSA) is 70.5 Å². The number of hydrogen-bond donors (Lipinski definition) is 1. The number of aliphatic carboxylic acids is 1. The lowest BCUT2D eigenvalue weighted by atomic mass is 10.0. The van der Waals surface area contributed by atoms with Crippen molar-refractivity contribution < 1.29 is 14.7 Å². The molecular weight excluding hydrogens is 304 g/mol. The van der Waals surface area contributed by atoms with Crippen molar-refractivity contribution in [2.24, 2.45) is 0 Å². The van der Waals surface area contributed by atoms with Crippen LogP contribution in [0.2, 0.25) is 0 Å². The summed E-state index contributed by atoms with van der Waals surface area (Å²) in [6, 6.07) is 7.90. The molecule has 24 heavy (non-hydrogen) atoms. The van der Waals surface area contributed by atoms with Crippen molar-refractivity contribution in [3.05, 3.63) is 41.1 Å². The van der Waals surface area contributed by atoms with Gasteiger partial charge in [0.05, 0.1) is 11.1 Å². The highest BCUT2D eigenvalue weighted by Crippen LogP contribution is 2.40. The quantitative estimate of drug-likeness (QED) is 0.883. The summed E-state index contributed by atoms with van der Waals surface area (Å²) in [5.74, 6) is -0.434. The lowest BCUT2D eigenvalue weighted by Crippen LogP contribution is -2.28. The van der Waals surface area contributed by atoms with Gasteiger partial charge in [-0.3, -0.25) is 14.6 Å². The van der Waals surface area contributed by atoms with Crippen molar-refractivity contribution in [1.29, 1.82) is 0 Å². The third-order valence-corrected chi connectivity index (χ3v) is 4.44. The lowest BCUT2D eigenvalue weighted by Gasteiger charge is -2.18. The number of rotatable bonds is 6. The van der Waals surface area contributed by atoms with Gasteiger partial charge in [0.2, 0.25) is 0 Å². The first-order chi connectivity index (χ1) is 11.5. The molecule has 0 unspecified atom stereocenters. The Morgan fingerprint density at radius 1 is 1.29 bits per heavy atom. The van der Waals surface area contributed by atoms with E-state index in [0.29, 0.717) is 24.4 Å². The Labute approximate surface area is 141 Å². The van der Waals surface area contributed by atoms with Gasteiger partial charge in [0.25, 0.3) is 5.91 Å². The third-order valence-electron chi connectivity index (χ3n) is 4.44. The van der Waals surface area contributed by atoms with E-state index in [2.05, 4.69) is 0 Å². The molecule has 0 radical (unpaired) electrons. The van der Waals surface area contributed by atoms with E-state index in [0.717, 1.165) is 35.0 Å². The molecule has 0 bridgehead atoms. The van der Waals surface area contributed by atoms with E-state index < -0.39 is 5.97 Å². The second kappa shape index (κ2) is 6.59. The monoisotopic (exact) mass is 326 g/mol. The predicted molar refractivity (Wildman–Crippen MR) is 92.3 cm³/mol. The van der Waals surface area contributed by atoms with Crippen molar-refractivity contribution in [1.82, 2.24) is 9.88 Å². The standard InChI is InChI=1S/C19H22N2O3/c1-12-5-8-16-14(10-12)15(11-17(20-16)13-6-7-13)19(24)21(2)9-3-4-18(22)23/h5,8,10-11,13H,3-4,6-7,9H2,1-2H3,(H,22,23). The zero-order valence-corrected chi connectivity index (χ0v) is 14.1. The number of carboxylic acid groups (broad SMARTS) is 1. The number of benzene rings is 1. The van der Waals surface area contributed by atoms with Crippen LogP contribution >= 0.6 is 0 Å². The Kier molecular flexibility index (Phi) is 4.51. The number of pyridine rings is 1. The van der Waals surface area contributed by atoms with Crippen LogP contribution in [0.1, 0.15) is 53.2 Å². The van der Waals surface area contributed by atoms with Crippen LogP contribution in [0.25, 0.3) is 10.9 Å². The largest absolute Gasteiger partial charge is 0.481 e. The van der Waals surface area contributed by atoms with Crippen LogP contribution < -0.4 is 0 Å². The van der Waals surface area contributed by atoms with Crippen LogP contribution in [0.5, 0.6) is 0 Å². The van der Waals surface area contributed by atoms with Crippen molar-refractivity contribution in [3.63, 3.8) is 0 Å². The van der Waals surface area contributed by atoms with Gasteiger partial charge < -0.3 is 10.0 Å². The molecule has 1 aromatic carbocycles. The second-order valence-corrected chi connectivity index (χ2v) is 6.61. The van der Waals surface area contributed by atoms with Crippen LogP contribution in [0.3, 0.4) is 0 Å². The van der Waals surface area contributed by atoms with Gasteiger partial charge in [-0.1, -0.05) is 11.6 Å². The molecule has 1 aliphatic carbocycles. The smallest absolute Gasteiger partial charge is 0.303 e. The molecule has 2 aromatic rings. The van der Waals surface area contributed by atoms with Crippen molar-refractivity contribution in [2.75, 3.05) is 13.6 Å². The maximum Gasteiger partial charge on any atom is 0.303 e. The SMILES string of the molecule is Cc1ccc2nc(C3CC3)cc(C(=O)N(C)CCCC(=O)O)c2c1. The number of carboxylic acids is 1. The van der Waals surface area contributed by atoms with E-state index >= 15 is 0 Å². The van der Waals surface area contributed by atoms with E-state index in [1.807, 2.05) is 31.2 Å². The van der Waals surface area contributed by atoms with E-state index in [-0.39, 0.29) is 12.3 Å². The minimum atomic E-state index is -0.836. The van der Waals surface area contributed by atoms with E-state index in [4.69, 9.17) is 10.1 Å². The maximum absolute atomic E-state index is 12.9. The first-order valence-electron chi connectivity index (χ1n) is 8.34. The number of fused-ring (bicyclic) bond motifs is 1. The average Bonchev–Trinajstić information content (AvgIpc) is 3.37. The summed E-state index contributed by atoms with van der Waals surface area (Å²) < 4.78 is 0. The average molecular weight is 326 g/mol. The van der Waals surface area contributed by atoms with E-state index in [9.17, 15) is 9.59 Å². The molecule has 126 valence electrons. The number of hydrogen-bond acceptors (Lipinski definition) is 3. The van der Waals surface area contributed by atoms with Gasteiger partial charge in [-0.2, -0.15) is 0 Å². The number of carbonyl (C=O) groups is 2. The van der Waals surface area contributed by atoms with Gasteiger partial charge in [0.1, 0.15) is 0 Å². The molecule has 3 rings (SSSR count). The van der Waals surface area contributed by atoms with Crippen LogP contribution in [-0.2, 0) is 4.79 Å². The highest BCUT2D eigenvalue weighted by Gasteiger charge is 2.27. The van der Waals surface area contributed by atoms with Crippen LogP contribution in [0.4, 0.5) is 0 Å². The highest BCUT2D eigenvalue weighted by atomic mass is 16.4. The van der Waals surface area contributed by atoms with Crippen molar-refractivity contribution in [2.45, 2.75) is 38.5 Å². The zero-order valence-electron chi connectivity index (χ0n) is 14.1. The zero-order chi connectivity index (χ0) is 17.3. The fraction of sp³-hybridized carbons (Fsp3) is 0.421. The number of aryl methyl sites for hydroxylation is 1. The molecule has 5 nitrogen and oxygen atoms in total. The minimum absolute atomic E-state index is 0.0692. The molecular formula is C19H22N2O3. The van der Waals surface area contributed by atoms with Crippen LogP contribution in [0, 0.1) is 6.92 Å². The molecule has 1 aliphatic rings. The molecule has 1 heterocycles. The summed E-state index contributed by atoms with van der Waals surface area (Å²) >= 11 is 0. The van der Waals surface area contributed by atoms with Crippen LogP contribution in [0.15, 0.2) is 24.3 Å². The van der Waals surface area contributed by atoms with E-state index in [1.165, 1.54) is 0 Å². The van der Waals surface area contributed by atoms with E-state index in [1.54, 1.807) is 11.9 Å². The Balaban J connectivity index is 1.92. The summed E-state index contributed by atoms with van der Waals surface area (Å²) in [5, 5.41) is 9.62. The molecule has 1 fully saturated rings. The second-order valence-electron chi connectivity index (χ2n) is 6.61.